The van der Waals surface area contributed by atoms with Gasteiger partial charge in [0.1, 0.15) is 0 Å². The average Bonchev–Trinajstić information content (AvgIpc) is 2.91. The molecule has 3 rings (SSSR count). The normalized spacial score (nSPS) is 25.2. The van der Waals surface area contributed by atoms with Gasteiger partial charge in [0.25, 0.3) is 5.69 Å². The molecule has 110 valence electrons. The lowest BCUT2D eigenvalue weighted by Gasteiger charge is -2.16. The van der Waals surface area contributed by atoms with Crippen LogP contribution in [0.4, 0.5) is 5.69 Å². The molecule has 0 amide bonds. The maximum Gasteiger partial charge on any atom is 0.283 e. The van der Waals surface area contributed by atoms with Crippen LogP contribution < -0.4 is 5.32 Å². The summed E-state index contributed by atoms with van der Waals surface area (Å²) in [6, 6.07) is 5.41. The van der Waals surface area contributed by atoms with Gasteiger partial charge in [0.2, 0.25) is 0 Å². The number of fused-ring (bicyclic) bond motifs is 1. The molecule has 0 saturated carbocycles. The average molecular weight is 363 g/mol. The van der Waals surface area contributed by atoms with Gasteiger partial charge < -0.3 is 5.32 Å². The highest BCUT2D eigenvalue weighted by Crippen LogP contribution is 2.30. The van der Waals surface area contributed by atoms with Crippen LogP contribution in [-0.4, -0.2) is 36.0 Å². The van der Waals surface area contributed by atoms with E-state index in [1.165, 1.54) is 0 Å². The van der Waals surface area contributed by atoms with Crippen LogP contribution in [0.3, 0.4) is 0 Å². The van der Waals surface area contributed by atoms with E-state index < -0.39 is 0 Å². The Balaban J connectivity index is 0.00000147. The Bertz CT molecular complexity index is 502. The van der Waals surface area contributed by atoms with Crippen molar-refractivity contribution < 1.29 is 4.92 Å². The summed E-state index contributed by atoms with van der Waals surface area (Å²) in [5, 5.41) is 14.3. The number of nitro benzene ring substituents is 1. The van der Waals surface area contributed by atoms with E-state index in [-0.39, 0.29) is 23.0 Å². The molecule has 2 fully saturated rings. The molecule has 0 unspecified atom stereocenters. The molecule has 0 aromatic heterocycles. The van der Waals surface area contributed by atoms with Gasteiger partial charge in [0.05, 0.1) is 9.40 Å². The molecule has 1 N–H and O–H groups in total. The first-order valence-corrected chi connectivity index (χ1v) is 7.28. The van der Waals surface area contributed by atoms with Crippen LogP contribution in [0.15, 0.2) is 22.7 Å². The fraction of sp³-hybridized carbons (Fsp3) is 0.538. The Morgan fingerprint density at radius 1 is 1.35 bits per heavy atom. The molecule has 2 atom stereocenters. The number of likely N-dealkylation sites (tertiary alicyclic amines) is 1. The SMILES string of the molecule is Cl.O=[N+]([O-])c1cc(CN2C[C@H]3CNC[C@H]3C2)ccc1Br. The van der Waals surface area contributed by atoms with E-state index in [4.69, 9.17) is 0 Å². The van der Waals surface area contributed by atoms with Crippen molar-refractivity contribution in [2.24, 2.45) is 11.8 Å². The van der Waals surface area contributed by atoms with E-state index in [0.29, 0.717) is 4.47 Å². The van der Waals surface area contributed by atoms with Crippen LogP contribution in [0, 0.1) is 22.0 Å². The van der Waals surface area contributed by atoms with Gasteiger partial charge >= 0.3 is 0 Å². The van der Waals surface area contributed by atoms with Crippen molar-refractivity contribution in [1.82, 2.24) is 10.2 Å². The maximum atomic E-state index is 10.9. The molecule has 5 nitrogen and oxygen atoms in total. The Morgan fingerprint density at radius 3 is 2.60 bits per heavy atom. The van der Waals surface area contributed by atoms with Crippen molar-refractivity contribution in [1.29, 1.82) is 0 Å². The summed E-state index contributed by atoms with van der Waals surface area (Å²) >= 11 is 3.22. The van der Waals surface area contributed by atoms with Crippen molar-refractivity contribution in [2.75, 3.05) is 26.2 Å². The number of benzene rings is 1. The highest BCUT2D eigenvalue weighted by atomic mass is 79.9. The zero-order valence-corrected chi connectivity index (χ0v) is 13.3. The first-order valence-electron chi connectivity index (χ1n) is 6.49. The first kappa shape index (κ1) is 15.7. The van der Waals surface area contributed by atoms with Crippen molar-refractivity contribution in [3.63, 3.8) is 0 Å². The van der Waals surface area contributed by atoms with E-state index >= 15 is 0 Å². The molecular weight excluding hydrogens is 346 g/mol. The van der Waals surface area contributed by atoms with Crippen molar-refractivity contribution in [3.05, 3.63) is 38.3 Å². The molecule has 0 radical (unpaired) electrons. The first-order chi connectivity index (χ1) is 9.13. The van der Waals surface area contributed by atoms with E-state index in [9.17, 15) is 10.1 Å². The van der Waals surface area contributed by atoms with Crippen molar-refractivity contribution >= 4 is 34.0 Å². The van der Waals surface area contributed by atoms with Gasteiger partial charge in [0, 0.05) is 25.7 Å². The molecule has 2 saturated heterocycles. The van der Waals surface area contributed by atoms with Crippen LogP contribution in [0.25, 0.3) is 0 Å². The largest absolute Gasteiger partial charge is 0.316 e. The summed E-state index contributed by atoms with van der Waals surface area (Å²) in [6.45, 7) is 5.23. The predicted octanol–water partition coefficient (Wildman–Crippen LogP) is 2.43. The van der Waals surface area contributed by atoms with Crippen molar-refractivity contribution in [3.8, 4) is 0 Å². The zero-order valence-electron chi connectivity index (χ0n) is 10.9. The molecule has 20 heavy (non-hydrogen) atoms. The highest BCUT2D eigenvalue weighted by molar-refractivity contribution is 9.10. The fourth-order valence-electron chi connectivity index (χ4n) is 3.14. The molecule has 2 aliphatic rings. The lowest BCUT2D eigenvalue weighted by molar-refractivity contribution is -0.385. The monoisotopic (exact) mass is 361 g/mol. The van der Waals surface area contributed by atoms with Gasteiger partial charge in [0.15, 0.2) is 0 Å². The summed E-state index contributed by atoms with van der Waals surface area (Å²) in [4.78, 5) is 13.0. The van der Waals surface area contributed by atoms with Crippen LogP contribution in [0.2, 0.25) is 0 Å². The van der Waals surface area contributed by atoms with Gasteiger partial charge in [-0.2, -0.15) is 0 Å². The molecule has 2 aliphatic heterocycles. The Morgan fingerprint density at radius 2 is 2.00 bits per heavy atom. The summed E-state index contributed by atoms with van der Waals surface area (Å²) in [7, 11) is 0. The summed E-state index contributed by atoms with van der Waals surface area (Å²) < 4.78 is 0.545. The van der Waals surface area contributed by atoms with Gasteiger partial charge in [-0.25, -0.2) is 0 Å². The number of hydrogen-bond acceptors (Lipinski definition) is 4. The van der Waals surface area contributed by atoms with Gasteiger partial charge in [-0.3, -0.25) is 15.0 Å². The second-order valence-electron chi connectivity index (χ2n) is 5.42. The molecule has 0 bridgehead atoms. The lowest BCUT2D eigenvalue weighted by atomic mass is 10.0. The fourth-order valence-corrected chi connectivity index (χ4v) is 3.53. The summed E-state index contributed by atoms with van der Waals surface area (Å²) in [6.07, 6.45) is 0. The smallest absolute Gasteiger partial charge is 0.283 e. The van der Waals surface area contributed by atoms with Gasteiger partial charge in [-0.05, 0) is 52.5 Å². The second-order valence-corrected chi connectivity index (χ2v) is 6.27. The lowest BCUT2D eigenvalue weighted by Crippen LogP contribution is -2.25. The third-order valence-corrected chi connectivity index (χ3v) is 4.75. The van der Waals surface area contributed by atoms with Gasteiger partial charge in [-0.15, -0.1) is 12.4 Å². The standard InChI is InChI=1S/C13H16BrN3O2.ClH/c14-12-2-1-9(3-13(12)17(18)19)6-16-7-10-4-15-5-11(10)8-16;/h1-3,10-11,15H,4-8H2;1H/t10-,11+;. The zero-order chi connectivity index (χ0) is 13.4. The minimum Gasteiger partial charge on any atom is -0.316 e. The minimum absolute atomic E-state index is 0. The number of nitro groups is 1. The van der Waals surface area contributed by atoms with E-state index in [1.807, 2.05) is 6.07 Å². The molecule has 0 aliphatic carbocycles. The molecular formula is C13H17BrClN3O2. The minimum atomic E-state index is -0.337. The third-order valence-electron chi connectivity index (χ3n) is 4.08. The van der Waals surface area contributed by atoms with Crippen molar-refractivity contribution in [2.45, 2.75) is 6.54 Å². The predicted molar refractivity (Wildman–Crippen MR) is 83.2 cm³/mol. The van der Waals surface area contributed by atoms with E-state index in [2.05, 4.69) is 26.1 Å². The quantitative estimate of drug-likeness (QED) is 0.663. The molecule has 0 spiro atoms. The van der Waals surface area contributed by atoms with Crippen LogP contribution in [-0.2, 0) is 6.54 Å². The van der Waals surface area contributed by atoms with Crippen LogP contribution in [0.5, 0.6) is 0 Å². The number of rotatable bonds is 3. The number of halogens is 2. The molecule has 2 heterocycles. The third kappa shape index (κ3) is 3.14. The Hall–Kier alpha value is -0.690. The van der Waals surface area contributed by atoms with E-state index in [1.54, 1.807) is 12.1 Å². The molecule has 1 aromatic rings. The number of nitrogens with zero attached hydrogens (tertiary/aromatic N) is 2. The Kier molecular flexibility index (Phi) is 5.01. The van der Waals surface area contributed by atoms with E-state index in [0.717, 1.165) is 50.1 Å². The molecule has 1 aromatic carbocycles. The number of nitrogens with one attached hydrogen (secondary N) is 1. The Labute approximate surface area is 132 Å². The summed E-state index contributed by atoms with van der Waals surface area (Å²) in [5.74, 6) is 1.51. The topological polar surface area (TPSA) is 58.4 Å². The maximum absolute atomic E-state index is 10.9. The van der Waals surface area contributed by atoms with Crippen LogP contribution >= 0.6 is 28.3 Å². The number of hydrogen-bond donors (Lipinski definition) is 1. The second kappa shape index (κ2) is 6.39. The van der Waals surface area contributed by atoms with Gasteiger partial charge in [-0.1, -0.05) is 6.07 Å². The highest BCUT2D eigenvalue weighted by Gasteiger charge is 2.35. The van der Waals surface area contributed by atoms with Crippen LogP contribution in [0.1, 0.15) is 5.56 Å². The summed E-state index contributed by atoms with van der Waals surface area (Å²) in [5.41, 5.74) is 1.17. The molecule has 7 heteroatoms.